The largest absolute Gasteiger partial charge is 0.362 e. The molecule has 6 nitrogen and oxygen atoms in total. The summed E-state index contributed by atoms with van der Waals surface area (Å²) < 4.78 is 0. The highest BCUT2D eigenvalue weighted by molar-refractivity contribution is 6.04. The van der Waals surface area contributed by atoms with Gasteiger partial charge in [0, 0.05) is 49.0 Å². The van der Waals surface area contributed by atoms with Crippen molar-refractivity contribution < 1.29 is 4.79 Å². The van der Waals surface area contributed by atoms with Gasteiger partial charge in [-0.25, -0.2) is 4.98 Å². The molecule has 0 saturated heterocycles. The summed E-state index contributed by atoms with van der Waals surface area (Å²) in [6.45, 7) is 3.83. The van der Waals surface area contributed by atoms with Crippen molar-refractivity contribution in [1.29, 1.82) is 5.26 Å². The van der Waals surface area contributed by atoms with Gasteiger partial charge in [0.25, 0.3) is 5.91 Å². The summed E-state index contributed by atoms with van der Waals surface area (Å²) in [7, 11) is 3.70. The molecule has 140 valence electrons. The van der Waals surface area contributed by atoms with Crippen molar-refractivity contribution in [3.8, 4) is 17.2 Å². The highest BCUT2D eigenvalue weighted by atomic mass is 16.1. The zero-order chi connectivity index (χ0) is 20.3. The zero-order valence-corrected chi connectivity index (χ0v) is 16.3. The number of nitrogens with zero attached hydrogens (tertiary/aromatic N) is 4. The Morgan fingerprint density at radius 1 is 1.11 bits per heavy atom. The van der Waals surface area contributed by atoms with Crippen molar-refractivity contribution in [3.63, 3.8) is 0 Å². The minimum absolute atomic E-state index is 0.195. The first-order chi connectivity index (χ1) is 13.4. The number of aryl methyl sites for hydroxylation is 2. The van der Waals surface area contributed by atoms with Gasteiger partial charge in [-0.3, -0.25) is 9.78 Å². The lowest BCUT2D eigenvalue weighted by Crippen LogP contribution is -2.13. The van der Waals surface area contributed by atoms with Crippen molar-refractivity contribution in [1.82, 2.24) is 9.97 Å². The van der Waals surface area contributed by atoms with Crippen LogP contribution >= 0.6 is 0 Å². The van der Waals surface area contributed by atoms with Gasteiger partial charge in [-0.1, -0.05) is 6.07 Å². The molecular formula is C22H21N5O. The van der Waals surface area contributed by atoms with Gasteiger partial charge in [0.1, 0.15) is 11.9 Å². The van der Waals surface area contributed by atoms with Crippen LogP contribution in [-0.4, -0.2) is 30.0 Å². The average Bonchev–Trinajstić information content (AvgIpc) is 2.68. The van der Waals surface area contributed by atoms with Crippen LogP contribution in [-0.2, 0) is 0 Å². The molecule has 0 bridgehead atoms. The lowest BCUT2D eigenvalue weighted by Gasteiger charge is -2.15. The molecule has 0 radical (unpaired) electrons. The van der Waals surface area contributed by atoms with Gasteiger partial charge in [-0.2, -0.15) is 5.26 Å². The Morgan fingerprint density at radius 2 is 1.89 bits per heavy atom. The molecule has 2 heterocycles. The number of carbonyl (C=O) groups is 1. The topological polar surface area (TPSA) is 81.9 Å². The molecule has 1 aromatic carbocycles. The molecule has 0 fully saturated rings. The van der Waals surface area contributed by atoms with Crippen molar-refractivity contribution in [2.45, 2.75) is 13.8 Å². The third kappa shape index (κ3) is 3.99. The second-order valence-corrected chi connectivity index (χ2v) is 6.77. The fourth-order valence-electron chi connectivity index (χ4n) is 2.94. The van der Waals surface area contributed by atoms with Gasteiger partial charge in [0.05, 0.1) is 5.56 Å². The Hall–Kier alpha value is -3.72. The highest BCUT2D eigenvalue weighted by Gasteiger charge is 2.12. The van der Waals surface area contributed by atoms with Gasteiger partial charge in [0.2, 0.25) is 0 Å². The molecule has 0 aliphatic carbocycles. The third-order valence-corrected chi connectivity index (χ3v) is 4.38. The Morgan fingerprint density at radius 3 is 2.57 bits per heavy atom. The quantitative estimate of drug-likeness (QED) is 0.751. The molecule has 3 rings (SSSR count). The zero-order valence-electron chi connectivity index (χ0n) is 16.3. The first-order valence-electron chi connectivity index (χ1n) is 8.81. The smallest absolute Gasteiger partial charge is 0.255 e. The number of pyridine rings is 2. The van der Waals surface area contributed by atoms with Gasteiger partial charge in [-0.05, 0) is 55.3 Å². The van der Waals surface area contributed by atoms with Crippen molar-refractivity contribution in [2.75, 3.05) is 24.3 Å². The number of rotatable bonds is 4. The van der Waals surface area contributed by atoms with E-state index in [4.69, 9.17) is 0 Å². The van der Waals surface area contributed by atoms with E-state index in [1.54, 1.807) is 24.5 Å². The maximum absolute atomic E-state index is 12.5. The predicted octanol–water partition coefficient (Wildman–Crippen LogP) is 3.95. The van der Waals surface area contributed by atoms with Crippen LogP contribution in [0.15, 0.2) is 48.8 Å². The average molecular weight is 371 g/mol. The summed E-state index contributed by atoms with van der Waals surface area (Å²) in [4.78, 5) is 22.9. The van der Waals surface area contributed by atoms with E-state index in [0.29, 0.717) is 22.6 Å². The monoisotopic (exact) mass is 371 g/mol. The first-order valence-corrected chi connectivity index (χ1v) is 8.81. The molecule has 0 aliphatic heterocycles. The van der Waals surface area contributed by atoms with Crippen LogP contribution in [0.2, 0.25) is 0 Å². The van der Waals surface area contributed by atoms with E-state index >= 15 is 0 Å². The molecule has 0 spiro atoms. The van der Waals surface area contributed by atoms with E-state index in [9.17, 15) is 10.1 Å². The SMILES string of the molecule is Cc1cc(C(=O)Nc2ccc(C)c(-c3cnc(N(C)C)c(C#N)c3)c2)ccn1. The normalized spacial score (nSPS) is 10.2. The van der Waals surface area contributed by atoms with Gasteiger partial charge in [-0.15, -0.1) is 0 Å². The van der Waals surface area contributed by atoms with Crippen molar-refractivity contribution >= 4 is 17.4 Å². The number of nitrogens with one attached hydrogen (secondary N) is 1. The third-order valence-electron chi connectivity index (χ3n) is 4.38. The van der Waals surface area contributed by atoms with Crippen LogP contribution in [0.5, 0.6) is 0 Å². The maximum atomic E-state index is 12.5. The number of nitriles is 1. The molecule has 0 aliphatic rings. The number of carbonyl (C=O) groups excluding carboxylic acids is 1. The number of amides is 1. The molecule has 28 heavy (non-hydrogen) atoms. The van der Waals surface area contributed by atoms with Gasteiger partial charge >= 0.3 is 0 Å². The highest BCUT2D eigenvalue weighted by Crippen LogP contribution is 2.29. The number of benzene rings is 1. The van der Waals surface area contributed by atoms with Crippen LogP contribution in [0.1, 0.15) is 27.2 Å². The van der Waals surface area contributed by atoms with Crippen LogP contribution < -0.4 is 10.2 Å². The Balaban J connectivity index is 1.94. The summed E-state index contributed by atoms with van der Waals surface area (Å²) in [6.07, 6.45) is 3.36. The maximum Gasteiger partial charge on any atom is 0.255 e. The molecule has 2 aromatic heterocycles. The summed E-state index contributed by atoms with van der Waals surface area (Å²) >= 11 is 0. The first kappa shape index (κ1) is 19.1. The standard InChI is InChI=1S/C22H21N5O/c1-14-5-6-19(26-22(28)16-7-8-24-15(2)9-16)11-20(14)18-10-17(12-23)21(25-13-18)27(3)4/h5-11,13H,1-4H3,(H,26,28). The van der Waals surface area contributed by atoms with E-state index in [0.717, 1.165) is 22.4 Å². The Kier molecular flexibility index (Phi) is 5.37. The molecule has 0 atom stereocenters. The molecule has 0 unspecified atom stereocenters. The van der Waals surface area contributed by atoms with Crippen molar-refractivity contribution in [3.05, 3.63) is 71.2 Å². The van der Waals surface area contributed by atoms with Crippen LogP contribution in [0.4, 0.5) is 11.5 Å². The van der Waals surface area contributed by atoms with E-state index in [1.807, 2.05) is 57.1 Å². The fourth-order valence-corrected chi connectivity index (χ4v) is 2.94. The van der Waals surface area contributed by atoms with E-state index < -0.39 is 0 Å². The second kappa shape index (κ2) is 7.89. The summed E-state index contributed by atoms with van der Waals surface area (Å²) in [5.74, 6) is 0.431. The van der Waals surface area contributed by atoms with E-state index in [-0.39, 0.29) is 5.91 Å². The summed E-state index contributed by atoms with van der Waals surface area (Å²) in [5, 5.41) is 12.4. The Bertz CT molecular complexity index is 1080. The summed E-state index contributed by atoms with van der Waals surface area (Å²) in [6, 6.07) is 13.1. The van der Waals surface area contributed by atoms with E-state index in [1.165, 1.54) is 0 Å². The lowest BCUT2D eigenvalue weighted by atomic mass is 10.00. The number of anilines is 2. The fraction of sp³-hybridized carbons (Fsp3) is 0.182. The van der Waals surface area contributed by atoms with Gasteiger partial charge in [0.15, 0.2) is 0 Å². The predicted molar refractivity (Wildman–Crippen MR) is 110 cm³/mol. The lowest BCUT2D eigenvalue weighted by molar-refractivity contribution is 0.102. The molecule has 0 saturated carbocycles. The van der Waals surface area contributed by atoms with Crippen molar-refractivity contribution in [2.24, 2.45) is 0 Å². The molecule has 1 N–H and O–H groups in total. The summed E-state index contributed by atoms with van der Waals surface area (Å²) in [5.41, 5.74) is 5.29. The minimum Gasteiger partial charge on any atom is -0.362 e. The number of hydrogen-bond acceptors (Lipinski definition) is 5. The van der Waals surface area contributed by atoms with Gasteiger partial charge < -0.3 is 10.2 Å². The number of hydrogen-bond donors (Lipinski definition) is 1. The molecule has 3 aromatic rings. The molecule has 1 amide bonds. The van der Waals surface area contributed by atoms with Crippen LogP contribution in [0, 0.1) is 25.2 Å². The van der Waals surface area contributed by atoms with E-state index in [2.05, 4.69) is 21.4 Å². The Labute approximate surface area is 164 Å². The minimum atomic E-state index is -0.195. The van der Waals surface area contributed by atoms with Crippen LogP contribution in [0.3, 0.4) is 0 Å². The number of aromatic nitrogens is 2. The molecule has 6 heteroatoms. The molecular weight excluding hydrogens is 350 g/mol. The second-order valence-electron chi connectivity index (χ2n) is 6.77. The van der Waals surface area contributed by atoms with Crippen LogP contribution in [0.25, 0.3) is 11.1 Å².